The second-order valence-corrected chi connectivity index (χ2v) is 6.48. The summed E-state index contributed by atoms with van der Waals surface area (Å²) in [4.78, 5) is 6.84. The molecule has 0 spiro atoms. The highest BCUT2D eigenvalue weighted by Crippen LogP contribution is 2.31. The molecule has 27 heavy (non-hydrogen) atoms. The van der Waals surface area contributed by atoms with Crippen molar-refractivity contribution in [1.82, 2.24) is 0 Å². The number of hydrogen-bond donors (Lipinski definition) is 1. The number of hydrogen-bond acceptors (Lipinski definition) is 4. The average Bonchev–Trinajstić information content (AvgIpc) is 2.75. The fourth-order valence-corrected chi connectivity index (χ4v) is 3.23. The van der Waals surface area contributed by atoms with Crippen molar-refractivity contribution in [3.63, 3.8) is 0 Å². The second kappa shape index (κ2) is 8.06. The highest BCUT2D eigenvalue weighted by atomic mass is 16.5. The molecule has 3 aromatic rings. The van der Waals surface area contributed by atoms with E-state index in [1.807, 2.05) is 60.7 Å². The molecule has 1 fully saturated rings. The van der Waals surface area contributed by atoms with Crippen LogP contribution in [0.1, 0.15) is 5.56 Å². The van der Waals surface area contributed by atoms with Crippen molar-refractivity contribution in [2.75, 3.05) is 31.2 Å². The van der Waals surface area contributed by atoms with Crippen LogP contribution in [0.3, 0.4) is 0 Å². The Balaban J connectivity index is 1.53. The Morgan fingerprint density at radius 1 is 0.852 bits per heavy atom. The number of anilines is 1. The van der Waals surface area contributed by atoms with Crippen LogP contribution in [0, 0.1) is 0 Å². The standard InChI is InChI=1S/C23H22N2O2/c26-23-19(7-4-8-22(23)18-5-2-1-3-6-18)17-24-20-9-11-21(12-10-20)25-13-15-27-16-14-25/h1-12,17,26H,13-16H2. The summed E-state index contributed by atoms with van der Waals surface area (Å²) in [7, 11) is 0. The zero-order valence-electron chi connectivity index (χ0n) is 15.1. The van der Waals surface area contributed by atoms with Crippen molar-refractivity contribution in [2.24, 2.45) is 4.99 Å². The summed E-state index contributed by atoms with van der Waals surface area (Å²) in [6.07, 6.45) is 1.71. The van der Waals surface area contributed by atoms with Crippen molar-refractivity contribution in [3.05, 3.63) is 78.4 Å². The minimum atomic E-state index is 0.248. The van der Waals surface area contributed by atoms with Crippen LogP contribution in [-0.4, -0.2) is 37.6 Å². The van der Waals surface area contributed by atoms with Gasteiger partial charge in [0.05, 0.1) is 18.9 Å². The monoisotopic (exact) mass is 358 g/mol. The summed E-state index contributed by atoms with van der Waals surface area (Å²) in [5, 5.41) is 10.6. The fourth-order valence-electron chi connectivity index (χ4n) is 3.23. The van der Waals surface area contributed by atoms with E-state index >= 15 is 0 Å². The maximum Gasteiger partial charge on any atom is 0.132 e. The Morgan fingerprint density at radius 3 is 2.33 bits per heavy atom. The van der Waals surface area contributed by atoms with E-state index in [0.29, 0.717) is 5.56 Å². The molecule has 0 aliphatic carbocycles. The third kappa shape index (κ3) is 4.01. The van der Waals surface area contributed by atoms with Crippen molar-refractivity contribution >= 4 is 17.6 Å². The van der Waals surface area contributed by atoms with Crippen molar-refractivity contribution in [1.29, 1.82) is 0 Å². The van der Waals surface area contributed by atoms with E-state index in [4.69, 9.17) is 4.74 Å². The molecule has 0 aromatic heterocycles. The molecule has 1 aliphatic heterocycles. The molecule has 0 radical (unpaired) electrons. The van der Waals surface area contributed by atoms with E-state index in [-0.39, 0.29) is 5.75 Å². The van der Waals surface area contributed by atoms with Crippen molar-refractivity contribution < 1.29 is 9.84 Å². The van der Waals surface area contributed by atoms with E-state index < -0.39 is 0 Å². The number of aromatic hydroxyl groups is 1. The third-order valence-electron chi connectivity index (χ3n) is 4.73. The zero-order chi connectivity index (χ0) is 18.5. The first-order valence-electron chi connectivity index (χ1n) is 9.15. The largest absolute Gasteiger partial charge is 0.507 e. The van der Waals surface area contributed by atoms with Gasteiger partial charge in [-0.05, 0) is 35.9 Å². The van der Waals surface area contributed by atoms with Gasteiger partial charge in [-0.3, -0.25) is 4.99 Å². The van der Waals surface area contributed by atoms with Gasteiger partial charge in [0.25, 0.3) is 0 Å². The molecule has 4 rings (SSSR count). The summed E-state index contributed by atoms with van der Waals surface area (Å²) >= 11 is 0. The second-order valence-electron chi connectivity index (χ2n) is 6.48. The summed E-state index contributed by atoms with van der Waals surface area (Å²) in [6.45, 7) is 3.39. The fraction of sp³-hybridized carbons (Fsp3) is 0.174. The number of aliphatic imine (C=N–C) groups is 1. The number of nitrogens with zero attached hydrogens (tertiary/aromatic N) is 2. The first kappa shape index (κ1) is 17.3. The smallest absolute Gasteiger partial charge is 0.132 e. The lowest BCUT2D eigenvalue weighted by atomic mass is 10.0. The molecule has 136 valence electrons. The summed E-state index contributed by atoms with van der Waals surface area (Å²) < 4.78 is 5.40. The first-order valence-corrected chi connectivity index (χ1v) is 9.15. The molecule has 0 unspecified atom stereocenters. The predicted octanol–water partition coefficient (Wildman–Crippen LogP) is 4.65. The Bertz CT molecular complexity index is 915. The maximum absolute atomic E-state index is 10.6. The zero-order valence-corrected chi connectivity index (χ0v) is 15.1. The van der Waals surface area contributed by atoms with Crippen LogP contribution in [0.5, 0.6) is 5.75 Å². The number of para-hydroxylation sites is 1. The molecule has 0 saturated carbocycles. The van der Waals surface area contributed by atoms with Crippen LogP contribution >= 0.6 is 0 Å². The lowest BCUT2D eigenvalue weighted by Gasteiger charge is -2.28. The molecular weight excluding hydrogens is 336 g/mol. The van der Waals surface area contributed by atoms with Gasteiger partial charge < -0.3 is 14.7 Å². The van der Waals surface area contributed by atoms with Crippen LogP contribution in [0.25, 0.3) is 11.1 Å². The highest BCUT2D eigenvalue weighted by Gasteiger charge is 2.11. The molecule has 1 saturated heterocycles. The first-order chi connectivity index (χ1) is 13.3. The van der Waals surface area contributed by atoms with Gasteiger partial charge in [0.2, 0.25) is 0 Å². The molecule has 4 nitrogen and oxygen atoms in total. The van der Waals surface area contributed by atoms with Crippen molar-refractivity contribution in [2.45, 2.75) is 0 Å². The van der Waals surface area contributed by atoms with Gasteiger partial charge in [0, 0.05) is 36.1 Å². The summed E-state index contributed by atoms with van der Waals surface area (Å²) in [6, 6.07) is 23.7. The van der Waals surface area contributed by atoms with Crippen LogP contribution in [0.4, 0.5) is 11.4 Å². The van der Waals surface area contributed by atoms with E-state index in [9.17, 15) is 5.11 Å². The van der Waals surface area contributed by atoms with E-state index in [0.717, 1.165) is 43.1 Å². The van der Waals surface area contributed by atoms with E-state index in [1.54, 1.807) is 6.21 Å². The highest BCUT2D eigenvalue weighted by molar-refractivity contribution is 5.89. The van der Waals surface area contributed by atoms with Gasteiger partial charge in [-0.15, -0.1) is 0 Å². The Labute approximate surface area is 159 Å². The SMILES string of the molecule is Oc1c(C=Nc2ccc(N3CCOCC3)cc2)cccc1-c1ccccc1. The third-order valence-corrected chi connectivity index (χ3v) is 4.73. The number of morpholine rings is 1. The number of benzene rings is 3. The van der Waals surface area contributed by atoms with Crippen LogP contribution in [0.15, 0.2) is 77.8 Å². The van der Waals surface area contributed by atoms with Gasteiger partial charge in [0.15, 0.2) is 0 Å². The summed E-state index contributed by atoms with van der Waals surface area (Å²) in [5.74, 6) is 0.248. The van der Waals surface area contributed by atoms with Crippen LogP contribution in [0.2, 0.25) is 0 Å². The number of phenols is 1. The average molecular weight is 358 g/mol. The number of rotatable bonds is 4. The van der Waals surface area contributed by atoms with Gasteiger partial charge >= 0.3 is 0 Å². The molecule has 4 heteroatoms. The predicted molar refractivity (Wildman–Crippen MR) is 110 cm³/mol. The van der Waals surface area contributed by atoms with E-state index in [1.165, 1.54) is 5.69 Å². The van der Waals surface area contributed by atoms with Gasteiger partial charge in [-0.2, -0.15) is 0 Å². The molecule has 3 aromatic carbocycles. The van der Waals surface area contributed by atoms with Crippen molar-refractivity contribution in [3.8, 4) is 16.9 Å². The van der Waals surface area contributed by atoms with Crippen LogP contribution < -0.4 is 4.90 Å². The van der Waals surface area contributed by atoms with Crippen LogP contribution in [-0.2, 0) is 4.74 Å². The number of ether oxygens (including phenoxy) is 1. The Morgan fingerprint density at radius 2 is 1.59 bits per heavy atom. The molecule has 1 heterocycles. The van der Waals surface area contributed by atoms with Gasteiger partial charge in [0.1, 0.15) is 5.75 Å². The van der Waals surface area contributed by atoms with E-state index in [2.05, 4.69) is 22.0 Å². The normalized spacial score (nSPS) is 14.6. The number of phenolic OH excluding ortho intramolecular Hbond substituents is 1. The summed E-state index contributed by atoms with van der Waals surface area (Å²) in [5.41, 5.74) is 4.54. The van der Waals surface area contributed by atoms with Gasteiger partial charge in [-0.25, -0.2) is 0 Å². The lowest BCUT2D eigenvalue weighted by molar-refractivity contribution is 0.122. The Kier molecular flexibility index (Phi) is 5.17. The van der Waals surface area contributed by atoms with Gasteiger partial charge in [-0.1, -0.05) is 42.5 Å². The topological polar surface area (TPSA) is 45.1 Å². The molecule has 0 amide bonds. The molecule has 0 atom stereocenters. The minimum absolute atomic E-state index is 0.248. The molecule has 1 aliphatic rings. The lowest BCUT2D eigenvalue weighted by Crippen LogP contribution is -2.36. The Hall–Kier alpha value is -3.11. The quantitative estimate of drug-likeness (QED) is 0.691. The minimum Gasteiger partial charge on any atom is -0.507 e. The molecule has 1 N–H and O–H groups in total. The molecular formula is C23H22N2O2. The maximum atomic E-state index is 10.6. The molecule has 0 bridgehead atoms.